The van der Waals surface area contributed by atoms with Crippen LogP contribution < -0.4 is 10.1 Å². The summed E-state index contributed by atoms with van der Waals surface area (Å²) in [4.78, 5) is 11.3. The van der Waals surface area contributed by atoms with Crippen LogP contribution in [0.5, 0.6) is 5.75 Å². The molecule has 1 N–H and O–H groups in total. The molecule has 15 heavy (non-hydrogen) atoms. The molecule has 0 saturated carbocycles. The van der Waals surface area contributed by atoms with Gasteiger partial charge >= 0.3 is 0 Å². The average Bonchev–Trinajstić information content (AvgIpc) is 2.58. The SMILES string of the molecule is O=C1NCCC1Oc1cc(Cl)ccc1Cl. The first-order chi connectivity index (χ1) is 7.16. The largest absolute Gasteiger partial charge is 0.479 e. The van der Waals surface area contributed by atoms with Gasteiger partial charge in [0.05, 0.1) is 5.02 Å². The van der Waals surface area contributed by atoms with Crippen molar-refractivity contribution in [2.24, 2.45) is 0 Å². The highest BCUT2D eigenvalue weighted by molar-refractivity contribution is 6.34. The predicted octanol–water partition coefficient (Wildman–Crippen LogP) is 2.26. The maximum atomic E-state index is 11.3. The van der Waals surface area contributed by atoms with Crippen molar-refractivity contribution in [1.82, 2.24) is 5.32 Å². The first-order valence-corrected chi connectivity index (χ1v) is 5.32. The van der Waals surface area contributed by atoms with Crippen LogP contribution in [0.4, 0.5) is 0 Å². The van der Waals surface area contributed by atoms with Gasteiger partial charge in [0, 0.05) is 24.1 Å². The molecule has 5 heteroatoms. The zero-order valence-electron chi connectivity index (χ0n) is 7.80. The molecule has 1 atom stereocenters. The molecule has 1 aromatic rings. The number of carbonyl (C=O) groups excluding carboxylic acids is 1. The van der Waals surface area contributed by atoms with Crippen molar-refractivity contribution in [2.45, 2.75) is 12.5 Å². The second-order valence-electron chi connectivity index (χ2n) is 3.26. The highest BCUT2D eigenvalue weighted by Gasteiger charge is 2.26. The van der Waals surface area contributed by atoms with Crippen LogP contribution in [0.1, 0.15) is 6.42 Å². The van der Waals surface area contributed by atoms with E-state index in [-0.39, 0.29) is 5.91 Å². The number of ether oxygens (including phenoxy) is 1. The van der Waals surface area contributed by atoms with Crippen LogP contribution in [0.2, 0.25) is 10.0 Å². The van der Waals surface area contributed by atoms with Crippen LogP contribution in [-0.4, -0.2) is 18.6 Å². The van der Waals surface area contributed by atoms with E-state index in [1.54, 1.807) is 18.2 Å². The fourth-order valence-electron chi connectivity index (χ4n) is 1.40. The number of hydrogen-bond donors (Lipinski definition) is 1. The van der Waals surface area contributed by atoms with Gasteiger partial charge in [0.2, 0.25) is 0 Å². The van der Waals surface area contributed by atoms with Gasteiger partial charge < -0.3 is 10.1 Å². The van der Waals surface area contributed by atoms with E-state index < -0.39 is 6.10 Å². The Bertz CT molecular complexity index is 395. The molecule has 1 saturated heterocycles. The molecule has 3 nitrogen and oxygen atoms in total. The summed E-state index contributed by atoms with van der Waals surface area (Å²) in [7, 11) is 0. The Kier molecular flexibility index (Phi) is 3.03. The molecule has 1 aliphatic heterocycles. The summed E-state index contributed by atoms with van der Waals surface area (Å²) in [6.45, 7) is 0.641. The summed E-state index contributed by atoms with van der Waals surface area (Å²) in [6, 6.07) is 4.92. The predicted molar refractivity (Wildman–Crippen MR) is 58.5 cm³/mol. The lowest BCUT2D eigenvalue weighted by Crippen LogP contribution is -2.27. The lowest BCUT2D eigenvalue weighted by atomic mass is 10.3. The molecule has 0 radical (unpaired) electrons. The van der Waals surface area contributed by atoms with Crippen molar-refractivity contribution < 1.29 is 9.53 Å². The van der Waals surface area contributed by atoms with Gasteiger partial charge in [0.15, 0.2) is 6.10 Å². The van der Waals surface area contributed by atoms with Crippen molar-refractivity contribution in [1.29, 1.82) is 0 Å². The minimum absolute atomic E-state index is 0.106. The summed E-state index contributed by atoms with van der Waals surface area (Å²) in [5, 5.41) is 3.68. The van der Waals surface area contributed by atoms with Gasteiger partial charge in [-0.2, -0.15) is 0 Å². The number of nitrogens with one attached hydrogen (secondary N) is 1. The molecule has 0 aromatic heterocycles. The summed E-state index contributed by atoms with van der Waals surface area (Å²) in [5.41, 5.74) is 0. The maximum Gasteiger partial charge on any atom is 0.261 e. The van der Waals surface area contributed by atoms with E-state index in [0.717, 1.165) is 0 Å². The fourth-order valence-corrected chi connectivity index (χ4v) is 1.73. The number of rotatable bonds is 2. The average molecular weight is 246 g/mol. The molecule has 1 amide bonds. The zero-order valence-corrected chi connectivity index (χ0v) is 9.31. The smallest absolute Gasteiger partial charge is 0.261 e. The van der Waals surface area contributed by atoms with Gasteiger partial charge in [0.1, 0.15) is 5.75 Å². The lowest BCUT2D eigenvalue weighted by Gasteiger charge is -2.12. The molecule has 1 unspecified atom stereocenters. The third kappa shape index (κ3) is 2.36. The second kappa shape index (κ2) is 4.29. The Morgan fingerprint density at radius 3 is 2.87 bits per heavy atom. The van der Waals surface area contributed by atoms with Gasteiger partial charge in [-0.25, -0.2) is 0 Å². The summed E-state index contributed by atoms with van der Waals surface area (Å²) >= 11 is 11.7. The van der Waals surface area contributed by atoms with Crippen molar-refractivity contribution in [3.05, 3.63) is 28.2 Å². The van der Waals surface area contributed by atoms with E-state index in [4.69, 9.17) is 27.9 Å². The van der Waals surface area contributed by atoms with Crippen LogP contribution in [-0.2, 0) is 4.79 Å². The van der Waals surface area contributed by atoms with E-state index in [1.807, 2.05) is 0 Å². The fraction of sp³-hybridized carbons (Fsp3) is 0.300. The standard InChI is InChI=1S/C10H9Cl2NO2/c11-6-1-2-7(12)9(5-6)15-8-3-4-13-10(8)14/h1-2,5,8H,3-4H2,(H,13,14). The van der Waals surface area contributed by atoms with E-state index in [1.165, 1.54) is 0 Å². The molecular weight excluding hydrogens is 237 g/mol. The van der Waals surface area contributed by atoms with Crippen molar-refractivity contribution in [3.63, 3.8) is 0 Å². The first-order valence-electron chi connectivity index (χ1n) is 4.56. The highest BCUT2D eigenvalue weighted by atomic mass is 35.5. The molecule has 1 heterocycles. The summed E-state index contributed by atoms with van der Waals surface area (Å²) in [6.07, 6.45) is 0.197. The minimum Gasteiger partial charge on any atom is -0.479 e. The number of amides is 1. The molecule has 1 aliphatic rings. The Morgan fingerprint density at radius 1 is 1.40 bits per heavy atom. The van der Waals surface area contributed by atoms with Crippen LogP contribution in [0.3, 0.4) is 0 Å². The zero-order chi connectivity index (χ0) is 10.8. The first kappa shape index (κ1) is 10.6. The molecule has 0 spiro atoms. The topological polar surface area (TPSA) is 38.3 Å². The maximum absolute atomic E-state index is 11.3. The van der Waals surface area contributed by atoms with E-state index in [9.17, 15) is 4.79 Å². The number of halogens is 2. The Labute approximate surface area is 97.3 Å². The van der Waals surface area contributed by atoms with Crippen LogP contribution in [0.15, 0.2) is 18.2 Å². The third-order valence-corrected chi connectivity index (χ3v) is 2.71. The molecule has 2 rings (SSSR count). The highest BCUT2D eigenvalue weighted by Crippen LogP contribution is 2.29. The van der Waals surface area contributed by atoms with Gasteiger partial charge in [-0.3, -0.25) is 4.79 Å². The molecule has 80 valence electrons. The Morgan fingerprint density at radius 2 is 2.20 bits per heavy atom. The molecule has 0 bridgehead atoms. The second-order valence-corrected chi connectivity index (χ2v) is 4.10. The summed E-state index contributed by atoms with van der Waals surface area (Å²) in [5.74, 6) is 0.345. The quantitative estimate of drug-likeness (QED) is 0.869. The number of carbonyl (C=O) groups is 1. The van der Waals surface area contributed by atoms with Crippen LogP contribution in [0, 0.1) is 0 Å². The number of benzene rings is 1. The van der Waals surface area contributed by atoms with Gasteiger partial charge in [-0.15, -0.1) is 0 Å². The molecule has 1 aromatic carbocycles. The monoisotopic (exact) mass is 245 g/mol. The van der Waals surface area contributed by atoms with Gasteiger partial charge in [-0.05, 0) is 12.1 Å². The van der Waals surface area contributed by atoms with Gasteiger partial charge in [-0.1, -0.05) is 23.2 Å². The van der Waals surface area contributed by atoms with E-state index >= 15 is 0 Å². The van der Waals surface area contributed by atoms with Crippen molar-refractivity contribution in [3.8, 4) is 5.75 Å². The normalized spacial score (nSPS) is 20.1. The lowest BCUT2D eigenvalue weighted by molar-refractivity contribution is -0.124. The molecular formula is C10H9Cl2NO2. The molecule has 1 fully saturated rings. The van der Waals surface area contributed by atoms with Crippen LogP contribution >= 0.6 is 23.2 Å². The minimum atomic E-state index is -0.457. The van der Waals surface area contributed by atoms with E-state index in [0.29, 0.717) is 28.8 Å². The van der Waals surface area contributed by atoms with Crippen LogP contribution in [0.25, 0.3) is 0 Å². The van der Waals surface area contributed by atoms with E-state index in [2.05, 4.69) is 5.32 Å². The molecule has 0 aliphatic carbocycles. The third-order valence-electron chi connectivity index (χ3n) is 2.16. The summed E-state index contributed by atoms with van der Waals surface area (Å²) < 4.78 is 5.47. The van der Waals surface area contributed by atoms with Crippen molar-refractivity contribution >= 4 is 29.1 Å². The van der Waals surface area contributed by atoms with Gasteiger partial charge in [0.25, 0.3) is 5.91 Å². The Balaban J connectivity index is 2.16. The Hall–Kier alpha value is -0.930. The number of hydrogen-bond acceptors (Lipinski definition) is 2. The van der Waals surface area contributed by atoms with Crippen molar-refractivity contribution in [2.75, 3.05) is 6.54 Å².